The summed E-state index contributed by atoms with van der Waals surface area (Å²) >= 11 is 0. The van der Waals surface area contributed by atoms with E-state index < -0.39 is 0 Å². The predicted octanol–water partition coefficient (Wildman–Crippen LogP) is 3.48. The molecule has 0 atom stereocenters. The van der Waals surface area contributed by atoms with Gasteiger partial charge in [-0.1, -0.05) is 49.8 Å². The quantitative estimate of drug-likeness (QED) is 0.796. The molecule has 0 heterocycles. The van der Waals surface area contributed by atoms with Crippen molar-refractivity contribution in [2.45, 2.75) is 27.4 Å². The van der Waals surface area contributed by atoms with E-state index in [1.54, 1.807) is 7.11 Å². The first-order chi connectivity index (χ1) is 8.61. The molecule has 2 heteroatoms. The molecule has 0 saturated carbocycles. The number of nitrogens with one attached hydrogen (secondary N) is 1. The van der Waals surface area contributed by atoms with Crippen LogP contribution in [0, 0.1) is 5.92 Å². The first kappa shape index (κ1) is 14.9. The molecule has 0 aliphatic carbocycles. The molecule has 2 nitrogen and oxygen atoms in total. The van der Waals surface area contributed by atoms with E-state index in [0.717, 1.165) is 13.1 Å². The van der Waals surface area contributed by atoms with Gasteiger partial charge >= 0.3 is 0 Å². The Bertz CT molecular complexity index is 365. The van der Waals surface area contributed by atoms with E-state index in [1.807, 2.05) is 0 Å². The van der Waals surface area contributed by atoms with Gasteiger partial charge in [0.25, 0.3) is 0 Å². The van der Waals surface area contributed by atoms with Crippen molar-refractivity contribution < 1.29 is 4.74 Å². The Balaban J connectivity index is 2.48. The van der Waals surface area contributed by atoms with E-state index in [-0.39, 0.29) is 0 Å². The Morgan fingerprint density at radius 1 is 1.28 bits per heavy atom. The molecule has 0 aliphatic heterocycles. The van der Waals surface area contributed by atoms with E-state index in [1.165, 1.54) is 16.7 Å². The highest BCUT2D eigenvalue weighted by Crippen LogP contribution is 2.09. The smallest absolute Gasteiger partial charge is 0.0713 e. The lowest BCUT2D eigenvalue weighted by Gasteiger charge is -2.07. The normalized spacial score (nSPS) is 12.2. The molecule has 1 aromatic carbocycles. The molecule has 0 bridgehead atoms. The summed E-state index contributed by atoms with van der Waals surface area (Å²) in [6, 6.07) is 8.51. The SMILES string of the molecule is COCc1ccc(C=C(C)CNCC(C)C)cc1. The molecule has 0 fully saturated rings. The topological polar surface area (TPSA) is 21.3 Å². The van der Waals surface area contributed by atoms with Crippen molar-refractivity contribution in [1.82, 2.24) is 5.32 Å². The molecule has 0 aliphatic rings. The van der Waals surface area contributed by atoms with Crippen molar-refractivity contribution in [3.8, 4) is 0 Å². The third kappa shape index (κ3) is 5.99. The molecule has 1 N–H and O–H groups in total. The molecule has 1 rings (SSSR count). The lowest BCUT2D eigenvalue weighted by molar-refractivity contribution is 0.185. The fraction of sp³-hybridized carbons (Fsp3) is 0.500. The Morgan fingerprint density at radius 3 is 2.50 bits per heavy atom. The van der Waals surface area contributed by atoms with Crippen molar-refractivity contribution in [1.29, 1.82) is 0 Å². The van der Waals surface area contributed by atoms with E-state index >= 15 is 0 Å². The number of ether oxygens (including phenoxy) is 1. The molecule has 0 aromatic heterocycles. The fourth-order valence-corrected chi connectivity index (χ4v) is 1.77. The van der Waals surface area contributed by atoms with E-state index in [4.69, 9.17) is 4.74 Å². The van der Waals surface area contributed by atoms with Crippen molar-refractivity contribution in [2.24, 2.45) is 5.92 Å². The zero-order chi connectivity index (χ0) is 13.4. The Kier molecular flexibility index (Phi) is 6.69. The largest absolute Gasteiger partial charge is 0.380 e. The van der Waals surface area contributed by atoms with Crippen LogP contribution in [0.5, 0.6) is 0 Å². The predicted molar refractivity (Wildman–Crippen MR) is 78.5 cm³/mol. The first-order valence-corrected chi connectivity index (χ1v) is 6.57. The summed E-state index contributed by atoms with van der Waals surface area (Å²) in [6.07, 6.45) is 2.23. The van der Waals surface area contributed by atoms with E-state index in [9.17, 15) is 0 Å². The minimum atomic E-state index is 0.679. The first-order valence-electron chi connectivity index (χ1n) is 6.57. The number of hydrogen-bond acceptors (Lipinski definition) is 2. The molecular weight excluding hydrogens is 222 g/mol. The molecule has 0 amide bonds. The second kappa shape index (κ2) is 8.06. The van der Waals surface area contributed by atoms with Crippen LogP contribution in [-0.4, -0.2) is 20.2 Å². The van der Waals surface area contributed by atoms with Crippen LogP contribution in [0.25, 0.3) is 6.08 Å². The Morgan fingerprint density at radius 2 is 1.94 bits per heavy atom. The van der Waals surface area contributed by atoms with Gasteiger partial charge in [0.05, 0.1) is 6.61 Å². The summed E-state index contributed by atoms with van der Waals surface area (Å²) in [5.41, 5.74) is 3.82. The molecule has 0 saturated heterocycles. The minimum Gasteiger partial charge on any atom is -0.380 e. The summed E-state index contributed by atoms with van der Waals surface area (Å²) < 4.78 is 5.10. The van der Waals surface area contributed by atoms with Gasteiger partial charge in [0.2, 0.25) is 0 Å². The van der Waals surface area contributed by atoms with Crippen molar-refractivity contribution in [3.05, 3.63) is 41.0 Å². The van der Waals surface area contributed by atoms with Crippen LogP contribution >= 0.6 is 0 Å². The van der Waals surface area contributed by atoms with Gasteiger partial charge in [-0.25, -0.2) is 0 Å². The van der Waals surface area contributed by atoms with E-state index in [0.29, 0.717) is 12.5 Å². The number of benzene rings is 1. The second-order valence-electron chi connectivity index (χ2n) is 5.19. The van der Waals surface area contributed by atoms with Crippen LogP contribution in [0.1, 0.15) is 31.9 Å². The average Bonchev–Trinajstić information content (AvgIpc) is 2.31. The van der Waals surface area contributed by atoms with Crippen molar-refractivity contribution in [3.63, 3.8) is 0 Å². The van der Waals surface area contributed by atoms with E-state index in [2.05, 4.69) is 56.4 Å². The lowest BCUT2D eigenvalue weighted by Crippen LogP contribution is -2.21. The highest BCUT2D eigenvalue weighted by molar-refractivity contribution is 5.53. The average molecular weight is 247 g/mol. The maximum atomic E-state index is 5.10. The second-order valence-corrected chi connectivity index (χ2v) is 5.19. The maximum absolute atomic E-state index is 5.10. The van der Waals surface area contributed by atoms with Gasteiger partial charge in [0.1, 0.15) is 0 Å². The molecular formula is C16H25NO. The fourth-order valence-electron chi connectivity index (χ4n) is 1.77. The third-order valence-corrected chi connectivity index (χ3v) is 2.66. The van der Waals surface area contributed by atoms with Crippen LogP contribution in [0.15, 0.2) is 29.8 Å². The van der Waals surface area contributed by atoms with Crippen molar-refractivity contribution >= 4 is 6.08 Å². The van der Waals surface area contributed by atoms with Gasteiger partial charge in [-0.2, -0.15) is 0 Å². The molecule has 0 radical (unpaired) electrons. The maximum Gasteiger partial charge on any atom is 0.0713 e. The number of rotatable bonds is 7. The van der Waals surface area contributed by atoms with Crippen LogP contribution < -0.4 is 5.32 Å². The highest BCUT2D eigenvalue weighted by atomic mass is 16.5. The molecule has 18 heavy (non-hydrogen) atoms. The minimum absolute atomic E-state index is 0.679. The van der Waals surface area contributed by atoms with Gasteiger partial charge < -0.3 is 10.1 Å². The zero-order valence-electron chi connectivity index (χ0n) is 12.0. The van der Waals surface area contributed by atoms with Crippen LogP contribution in [0.2, 0.25) is 0 Å². The standard InChI is InChI=1S/C16H25NO/c1-13(2)10-17-11-14(3)9-15-5-7-16(8-6-15)12-18-4/h5-9,13,17H,10-12H2,1-4H3. The molecule has 1 aromatic rings. The third-order valence-electron chi connectivity index (χ3n) is 2.66. The Hall–Kier alpha value is -1.12. The van der Waals surface area contributed by atoms with Crippen LogP contribution in [0.4, 0.5) is 0 Å². The van der Waals surface area contributed by atoms with Crippen LogP contribution in [0.3, 0.4) is 0 Å². The van der Waals surface area contributed by atoms with Gasteiger partial charge in [-0.3, -0.25) is 0 Å². The van der Waals surface area contributed by atoms with Gasteiger partial charge in [-0.05, 0) is 30.5 Å². The summed E-state index contributed by atoms with van der Waals surface area (Å²) in [5, 5.41) is 3.45. The summed E-state index contributed by atoms with van der Waals surface area (Å²) in [7, 11) is 1.72. The summed E-state index contributed by atoms with van der Waals surface area (Å²) in [4.78, 5) is 0. The highest BCUT2D eigenvalue weighted by Gasteiger charge is 1.96. The van der Waals surface area contributed by atoms with Gasteiger partial charge in [0, 0.05) is 13.7 Å². The van der Waals surface area contributed by atoms with Gasteiger partial charge in [0.15, 0.2) is 0 Å². The Labute approximate surface area is 111 Å². The molecule has 0 spiro atoms. The molecule has 0 unspecified atom stereocenters. The number of hydrogen-bond donors (Lipinski definition) is 1. The summed E-state index contributed by atoms with van der Waals surface area (Å²) in [6.45, 7) is 9.31. The van der Waals surface area contributed by atoms with Crippen molar-refractivity contribution in [2.75, 3.05) is 20.2 Å². The lowest BCUT2D eigenvalue weighted by atomic mass is 10.1. The molecule has 100 valence electrons. The van der Waals surface area contributed by atoms with Crippen LogP contribution in [-0.2, 0) is 11.3 Å². The number of methoxy groups -OCH3 is 1. The summed E-state index contributed by atoms with van der Waals surface area (Å²) in [5.74, 6) is 0.700. The monoisotopic (exact) mass is 247 g/mol. The van der Waals surface area contributed by atoms with Gasteiger partial charge in [-0.15, -0.1) is 0 Å². The zero-order valence-corrected chi connectivity index (χ0v) is 12.0.